The lowest BCUT2D eigenvalue weighted by molar-refractivity contribution is -0.384. The van der Waals surface area contributed by atoms with E-state index in [-0.39, 0.29) is 47.4 Å². The molecule has 462 valence electrons. The third-order valence-electron chi connectivity index (χ3n) is 19.7. The van der Waals surface area contributed by atoms with Gasteiger partial charge in [0.25, 0.3) is 27.5 Å². The molecule has 8 heterocycles. The number of nitrogens with zero attached hydrogens (tertiary/aromatic N) is 7. The van der Waals surface area contributed by atoms with Gasteiger partial charge in [-0.1, -0.05) is 25.1 Å². The van der Waals surface area contributed by atoms with Crippen molar-refractivity contribution in [3.8, 4) is 23.3 Å². The third-order valence-corrected chi connectivity index (χ3v) is 21.0. The first-order valence-electron chi connectivity index (χ1n) is 31.0. The maximum Gasteiger partial charge on any atom is 0.293 e. The number of nitro benzene ring substituents is 1. The smallest absolute Gasteiger partial charge is 0.293 e. The lowest BCUT2D eigenvalue weighted by Gasteiger charge is -2.62. The number of carbonyl (C=O) groups is 1. The van der Waals surface area contributed by atoms with E-state index >= 15 is 0 Å². The van der Waals surface area contributed by atoms with Gasteiger partial charge in [0.2, 0.25) is 5.88 Å². The molecule has 1 spiro atoms. The van der Waals surface area contributed by atoms with E-state index < -0.39 is 48.7 Å². The van der Waals surface area contributed by atoms with E-state index in [4.69, 9.17) is 28.7 Å². The van der Waals surface area contributed by atoms with E-state index in [1.807, 2.05) is 63.5 Å². The Morgan fingerprint density at radius 2 is 1.75 bits per heavy atom. The molecule has 5 fully saturated rings. The number of aliphatic hydroxyl groups is 1. The van der Waals surface area contributed by atoms with E-state index in [1.165, 1.54) is 17.7 Å². The molecule has 3 aromatic carbocycles. The van der Waals surface area contributed by atoms with Crippen LogP contribution in [-0.4, -0.2) is 144 Å². The second-order valence-corrected chi connectivity index (χ2v) is 28.1. The van der Waals surface area contributed by atoms with Crippen molar-refractivity contribution in [3.63, 3.8) is 0 Å². The molecule has 5 aliphatic heterocycles. The van der Waals surface area contributed by atoms with Crippen LogP contribution >= 0.6 is 0 Å². The number of ether oxygens (including phenoxy) is 5. The van der Waals surface area contributed by atoms with Crippen LogP contribution in [-0.2, 0) is 21.3 Å². The maximum atomic E-state index is 14.9. The quantitative estimate of drug-likeness (QED) is 0.0552. The summed E-state index contributed by atoms with van der Waals surface area (Å²) in [5.41, 5.74) is 3.65. The number of H-pyrrole nitrogens is 1. The molecule has 3 aromatic heterocycles. The summed E-state index contributed by atoms with van der Waals surface area (Å²) in [6.07, 6.45) is 9.48. The number of para-hydroxylation sites is 1. The summed E-state index contributed by atoms with van der Waals surface area (Å²) in [7, 11) is -4.66. The van der Waals surface area contributed by atoms with Crippen molar-refractivity contribution in [3.05, 3.63) is 118 Å². The number of pyridine rings is 2. The molecular formula is C65H80N10O11S. The summed E-state index contributed by atoms with van der Waals surface area (Å²) in [6.45, 7) is 18.9. The number of sulfonamides is 1. The largest absolute Gasteiger partial charge is 0.491 e. The SMILES string of the molecule is CC(C)Oc1ccccc1[C@H]1CN(Cc2ccnc3c2OCC(C)(C)O3)CCN1C1CC2(CCN(c3ccc(C(=O)NS(=O)(=O)c4ccc(NC[C@H]5CC[C@](C)(O)CC5)c([N+](=O)[O-])c4)c(N4c5cc6cc[nH]c6nc5O[C@H]5COCC[C@@H]54)c3)CC2)C1C. The summed E-state index contributed by atoms with van der Waals surface area (Å²) in [5.74, 6) is 2.23. The van der Waals surface area contributed by atoms with Crippen molar-refractivity contribution < 1.29 is 46.9 Å². The maximum absolute atomic E-state index is 14.9. The summed E-state index contributed by atoms with van der Waals surface area (Å²) in [5, 5.41) is 26.9. The fraction of sp³-hybridized carbons (Fsp3) is 0.523. The Labute approximate surface area is 508 Å². The van der Waals surface area contributed by atoms with Gasteiger partial charge < -0.3 is 48.9 Å². The Kier molecular flexibility index (Phi) is 15.6. The Morgan fingerprint density at radius 3 is 2.53 bits per heavy atom. The van der Waals surface area contributed by atoms with Gasteiger partial charge in [-0.05, 0) is 158 Å². The molecule has 2 saturated carbocycles. The lowest BCUT2D eigenvalue weighted by Crippen LogP contribution is -2.64. The highest BCUT2D eigenvalue weighted by molar-refractivity contribution is 7.90. The molecule has 0 radical (unpaired) electrons. The first kappa shape index (κ1) is 58.8. The predicted molar refractivity (Wildman–Crippen MR) is 330 cm³/mol. The number of amides is 1. The van der Waals surface area contributed by atoms with Crippen LogP contribution in [0.15, 0.2) is 96.2 Å². The number of aromatic nitrogens is 3. The van der Waals surface area contributed by atoms with Crippen molar-refractivity contribution in [1.82, 2.24) is 29.5 Å². The second kappa shape index (κ2) is 23.0. The molecule has 4 N–H and O–H groups in total. The zero-order valence-electron chi connectivity index (χ0n) is 50.5. The molecule has 3 saturated heterocycles. The van der Waals surface area contributed by atoms with Crippen molar-refractivity contribution in [2.75, 3.05) is 74.2 Å². The van der Waals surface area contributed by atoms with Gasteiger partial charge in [-0.15, -0.1) is 0 Å². The third kappa shape index (κ3) is 11.6. The van der Waals surface area contributed by atoms with Gasteiger partial charge in [-0.2, -0.15) is 4.98 Å². The van der Waals surface area contributed by atoms with Gasteiger partial charge in [-0.3, -0.25) is 24.7 Å². The molecule has 2 unspecified atom stereocenters. The molecule has 0 bridgehead atoms. The van der Waals surface area contributed by atoms with Gasteiger partial charge in [0.1, 0.15) is 41.1 Å². The van der Waals surface area contributed by atoms with E-state index in [0.717, 1.165) is 99.0 Å². The van der Waals surface area contributed by atoms with Gasteiger partial charge in [0, 0.05) is 99.1 Å². The van der Waals surface area contributed by atoms with E-state index in [0.29, 0.717) is 86.3 Å². The number of piperidine rings is 1. The number of piperazine rings is 1. The summed E-state index contributed by atoms with van der Waals surface area (Å²) < 4.78 is 62.6. The van der Waals surface area contributed by atoms with Crippen LogP contribution < -0.4 is 38.8 Å². The number of fused-ring (bicyclic) bond motifs is 4. The minimum Gasteiger partial charge on any atom is -0.491 e. The van der Waals surface area contributed by atoms with Gasteiger partial charge in [0.15, 0.2) is 5.75 Å². The molecule has 22 heteroatoms. The zero-order chi connectivity index (χ0) is 60.6. The topological polar surface area (TPSA) is 239 Å². The molecule has 87 heavy (non-hydrogen) atoms. The Morgan fingerprint density at radius 1 is 0.943 bits per heavy atom. The Balaban J connectivity index is 0.762. The molecule has 5 atom stereocenters. The molecule has 13 rings (SSSR count). The lowest BCUT2D eigenvalue weighted by atomic mass is 9.53. The van der Waals surface area contributed by atoms with Crippen molar-refractivity contribution >= 4 is 55.4 Å². The van der Waals surface area contributed by atoms with Crippen molar-refractivity contribution in [2.24, 2.45) is 17.3 Å². The predicted octanol–water partition coefficient (Wildman–Crippen LogP) is 9.92. The highest BCUT2D eigenvalue weighted by Crippen LogP contribution is 2.58. The number of aromatic amines is 1. The number of hydrogen-bond donors (Lipinski definition) is 4. The summed E-state index contributed by atoms with van der Waals surface area (Å²) in [6, 6.07) is 23.8. The van der Waals surface area contributed by atoms with Gasteiger partial charge >= 0.3 is 0 Å². The monoisotopic (exact) mass is 1210 g/mol. The zero-order valence-corrected chi connectivity index (χ0v) is 51.3. The Bertz CT molecular complexity index is 3690. The van der Waals surface area contributed by atoms with Crippen LogP contribution in [0.1, 0.15) is 120 Å². The molecule has 1 amide bonds. The minimum absolute atomic E-state index is 0.0144. The van der Waals surface area contributed by atoms with Crippen LogP contribution in [0.3, 0.4) is 0 Å². The molecule has 21 nitrogen and oxygen atoms in total. The molecule has 2 aliphatic carbocycles. The number of nitrogens with one attached hydrogen (secondary N) is 3. The van der Waals surface area contributed by atoms with Gasteiger partial charge in [-0.25, -0.2) is 18.1 Å². The standard InChI is InChI=1S/C65H80N10O11S/c1-40(2)84-56-10-8-7-9-47(56)55-37-71(36-44-18-25-67-62-58(44)83-39-63(4,5)86-62)28-29-73(55)54-34-65(41(54)3)22-26-72(27-23-65)45-11-13-48(51(32-45)74-50-19-30-82-38-57(50)85-61-53(74)31-43-17-24-66-59(43)69-61)60(76)70-87(80,81)46-12-14-49(52(33-46)75(78)79)68-35-42-15-20-64(6,77)21-16-42/h7-14,17-18,24-25,31-33,40-42,50,54-55,57,68,77H,15-16,19-23,26-30,34-39H2,1-6H3,(H,66,69)(H,70,76)/t41?,42-,50-,54?,55+,57-,64-/m0/s1. The number of anilines is 4. The van der Waals surface area contributed by atoms with Crippen LogP contribution in [0.5, 0.6) is 23.3 Å². The van der Waals surface area contributed by atoms with Crippen LogP contribution in [0.4, 0.5) is 28.4 Å². The Hall–Kier alpha value is -7.24. The number of hydrogen-bond acceptors (Lipinski definition) is 18. The van der Waals surface area contributed by atoms with Crippen LogP contribution in [0, 0.1) is 27.4 Å². The average Bonchev–Trinajstić information content (AvgIpc) is 1.01. The van der Waals surface area contributed by atoms with Crippen LogP contribution in [0.2, 0.25) is 0 Å². The molecule has 7 aliphatic rings. The highest BCUT2D eigenvalue weighted by Gasteiger charge is 2.56. The number of nitro groups is 1. The minimum atomic E-state index is -4.66. The van der Waals surface area contributed by atoms with Gasteiger partial charge in [0.05, 0.1) is 51.5 Å². The average molecular weight is 1210 g/mol. The number of benzene rings is 3. The number of carbonyl (C=O) groups excluding carboxylic acids is 1. The van der Waals surface area contributed by atoms with Crippen LogP contribution in [0.25, 0.3) is 11.0 Å². The van der Waals surface area contributed by atoms with E-state index in [1.54, 1.807) is 6.07 Å². The fourth-order valence-corrected chi connectivity index (χ4v) is 15.7. The fourth-order valence-electron chi connectivity index (χ4n) is 14.7. The first-order chi connectivity index (χ1) is 41.7. The van der Waals surface area contributed by atoms with E-state index in [2.05, 4.69) is 84.6 Å². The first-order valence-corrected chi connectivity index (χ1v) is 32.4. The van der Waals surface area contributed by atoms with E-state index in [9.17, 15) is 28.4 Å². The molecule has 6 aromatic rings. The number of rotatable bonds is 15. The van der Waals surface area contributed by atoms with Crippen molar-refractivity contribution in [1.29, 1.82) is 0 Å². The van der Waals surface area contributed by atoms with Crippen molar-refractivity contribution in [2.45, 2.75) is 146 Å². The summed E-state index contributed by atoms with van der Waals surface area (Å²) in [4.78, 5) is 48.7. The summed E-state index contributed by atoms with van der Waals surface area (Å²) >= 11 is 0. The second-order valence-electron chi connectivity index (χ2n) is 26.4. The normalized spacial score (nSPS) is 26.1. The molecular weight excluding hydrogens is 1130 g/mol. The highest BCUT2D eigenvalue weighted by atomic mass is 32.2.